The Balaban J connectivity index is 2.01. The van der Waals surface area contributed by atoms with Crippen molar-refractivity contribution in [1.82, 2.24) is 19.7 Å². The maximum Gasteiger partial charge on any atom is 0.144 e. The van der Waals surface area contributed by atoms with Crippen LogP contribution in [-0.2, 0) is 6.54 Å². The van der Waals surface area contributed by atoms with E-state index in [1.807, 2.05) is 6.92 Å². The third-order valence-electron chi connectivity index (χ3n) is 2.47. The highest BCUT2D eigenvalue weighted by Crippen LogP contribution is 2.12. The van der Waals surface area contributed by atoms with Crippen LogP contribution < -0.4 is 5.32 Å². The number of aromatic nitrogens is 4. The van der Waals surface area contributed by atoms with Gasteiger partial charge in [-0.25, -0.2) is 4.98 Å². The quantitative estimate of drug-likeness (QED) is 0.903. The molecule has 0 spiro atoms. The Kier molecular flexibility index (Phi) is 4.15. The predicted octanol–water partition coefficient (Wildman–Crippen LogP) is 2.51. The van der Waals surface area contributed by atoms with Gasteiger partial charge in [-0.2, -0.15) is 5.10 Å². The molecule has 2 aromatic heterocycles. The molecule has 0 fully saturated rings. The molecule has 0 aliphatic rings. The Bertz CT molecular complexity index is 486. The molecular formula is C12H16ClN5. The molecule has 0 amide bonds. The summed E-state index contributed by atoms with van der Waals surface area (Å²) in [4.78, 5) is 8.63. The Labute approximate surface area is 111 Å². The van der Waals surface area contributed by atoms with Gasteiger partial charge in [-0.05, 0) is 13.3 Å². The Hall–Kier alpha value is -1.62. The largest absolute Gasteiger partial charge is 0.369 e. The van der Waals surface area contributed by atoms with Crippen LogP contribution >= 0.6 is 11.6 Å². The molecule has 2 rings (SSSR count). The minimum atomic E-state index is 0.578. The minimum absolute atomic E-state index is 0.578. The summed E-state index contributed by atoms with van der Waals surface area (Å²) in [6.07, 6.45) is 6.35. The molecule has 0 radical (unpaired) electrons. The lowest BCUT2D eigenvalue weighted by atomic mass is 10.4. The number of anilines is 1. The maximum absolute atomic E-state index is 5.95. The van der Waals surface area contributed by atoms with Gasteiger partial charge in [-0.1, -0.05) is 18.5 Å². The number of hydrogen-bond acceptors (Lipinski definition) is 4. The summed E-state index contributed by atoms with van der Waals surface area (Å²) in [7, 11) is 0. The molecule has 0 bridgehead atoms. The fourth-order valence-electron chi connectivity index (χ4n) is 1.52. The summed E-state index contributed by atoms with van der Waals surface area (Å²) < 4.78 is 1.76. The molecule has 1 N–H and O–H groups in total. The van der Waals surface area contributed by atoms with Crippen LogP contribution in [0.2, 0.25) is 5.02 Å². The first-order chi connectivity index (χ1) is 8.69. The van der Waals surface area contributed by atoms with Crippen molar-refractivity contribution in [3.63, 3.8) is 0 Å². The lowest BCUT2D eigenvalue weighted by molar-refractivity contribution is 0.663. The van der Waals surface area contributed by atoms with Crippen molar-refractivity contribution in [2.24, 2.45) is 0 Å². The van der Waals surface area contributed by atoms with E-state index in [-0.39, 0.29) is 0 Å². The molecule has 0 saturated carbocycles. The van der Waals surface area contributed by atoms with Crippen LogP contribution in [0.3, 0.4) is 0 Å². The lowest BCUT2D eigenvalue weighted by Crippen LogP contribution is -2.06. The van der Waals surface area contributed by atoms with Crippen molar-refractivity contribution >= 4 is 17.4 Å². The van der Waals surface area contributed by atoms with Gasteiger partial charge in [-0.15, -0.1) is 0 Å². The third kappa shape index (κ3) is 3.20. The minimum Gasteiger partial charge on any atom is -0.369 e. The van der Waals surface area contributed by atoms with Crippen LogP contribution in [0.5, 0.6) is 0 Å². The van der Waals surface area contributed by atoms with Gasteiger partial charge in [0.05, 0.1) is 35.3 Å². The van der Waals surface area contributed by atoms with Crippen LogP contribution in [-0.4, -0.2) is 26.3 Å². The summed E-state index contributed by atoms with van der Waals surface area (Å²) in [5, 5.41) is 8.13. The number of aryl methyl sites for hydroxylation is 1. The molecule has 0 saturated heterocycles. The highest BCUT2D eigenvalue weighted by atomic mass is 35.5. The van der Waals surface area contributed by atoms with Crippen LogP contribution in [0.1, 0.15) is 24.7 Å². The second-order valence-corrected chi connectivity index (χ2v) is 4.49. The number of hydrogen-bond donors (Lipinski definition) is 1. The lowest BCUT2D eigenvalue weighted by Gasteiger charge is -2.04. The smallest absolute Gasteiger partial charge is 0.144 e. The van der Waals surface area contributed by atoms with Gasteiger partial charge in [-0.3, -0.25) is 9.67 Å². The Morgan fingerprint density at radius 1 is 1.33 bits per heavy atom. The zero-order chi connectivity index (χ0) is 13.0. The van der Waals surface area contributed by atoms with E-state index >= 15 is 0 Å². The Morgan fingerprint density at radius 2 is 2.17 bits per heavy atom. The SMILES string of the molecule is CCCNc1cnc(Cn2cc(Cl)c(C)n2)cn1. The monoisotopic (exact) mass is 265 g/mol. The van der Waals surface area contributed by atoms with Gasteiger partial charge in [0.15, 0.2) is 0 Å². The van der Waals surface area contributed by atoms with E-state index in [9.17, 15) is 0 Å². The van der Waals surface area contributed by atoms with Gasteiger partial charge in [0.2, 0.25) is 0 Å². The zero-order valence-electron chi connectivity index (χ0n) is 10.5. The first kappa shape index (κ1) is 12.8. The van der Waals surface area contributed by atoms with Crippen molar-refractivity contribution in [1.29, 1.82) is 0 Å². The number of nitrogens with one attached hydrogen (secondary N) is 1. The van der Waals surface area contributed by atoms with Crippen molar-refractivity contribution in [3.05, 3.63) is 35.0 Å². The fourth-order valence-corrected chi connectivity index (χ4v) is 1.67. The molecule has 0 atom stereocenters. The Morgan fingerprint density at radius 3 is 2.72 bits per heavy atom. The van der Waals surface area contributed by atoms with Crippen molar-refractivity contribution in [3.8, 4) is 0 Å². The summed E-state index contributed by atoms with van der Waals surface area (Å²) in [5.41, 5.74) is 1.68. The molecule has 6 heteroatoms. The summed E-state index contributed by atoms with van der Waals surface area (Å²) in [6.45, 7) is 5.47. The summed E-state index contributed by atoms with van der Waals surface area (Å²) in [5.74, 6) is 0.801. The highest BCUT2D eigenvalue weighted by molar-refractivity contribution is 6.31. The second kappa shape index (κ2) is 5.82. The molecule has 5 nitrogen and oxygen atoms in total. The van der Waals surface area contributed by atoms with E-state index in [0.717, 1.165) is 30.2 Å². The van der Waals surface area contributed by atoms with Crippen molar-refractivity contribution in [2.45, 2.75) is 26.8 Å². The average molecular weight is 266 g/mol. The first-order valence-electron chi connectivity index (χ1n) is 5.93. The van der Waals surface area contributed by atoms with Crippen LogP contribution in [0.15, 0.2) is 18.6 Å². The molecule has 96 valence electrons. The second-order valence-electron chi connectivity index (χ2n) is 4.08. The number of rotatable bonds is 5. The molecule has 0 aromatic carbocycles. The standard InChI is InChI=1S/C12H16ClN5/c1-3-4-14-12-6-15-10(5-16-12)7-18-8-11(13)9(2)17-18/h5-6,8H,3-4,7H2,1-2H3,(H,14,16). The molecule has 0 aliphatic heterocycles. The summed E-state index contributed by atoms with van der Waals surface area (Å²) >= 11 is 5.95. The maximum atomic E-state index is 5.95. The molecule has 0 unspecified atom stereocenters. The van der Waals surface area contributed by atoms with E-state index in [2.05, 4.69) is 27.3 Å². The first-order valence-corrected chi connectivity index (χ1v) is 6.31. The molecular weight excluding hydrogens is 250 g/mol. The van der Waals surface area contributed by atoms with E-state index < -0.39 is 0 Å². The average Bonchev–Trinajstić information content (AvgIpc) is 2.67. The van der Waals surface area contributed by atoms with Crippen LogP contribution in [0, 0.1) is 6.92 Å². The van der Waals surface area contributed by atoms with Crippen LogP contribution in [0.4, 0.5) is 5.82 Å². The third-order valence-corrected chi connectivity index (χ3v) is 2.84. The molecule has 18 heavy (non-hydrogen) atoms. The van der Waals surface area contributed by atoms with Gasteiger partial charge < -0.3 is 5.32 Å². The number of nitrogens with zero attached hydrogens (tertiary/aromatic N) is 4. The van der Waals surface area contributed by atoms with E-state index in [0.29, 0.717) is 11.6 Å². The highest BCUT2D eigenvalue weighted by Gasteiger charge is 2.03. The van der Waals surface area contributed by atoms with Crippen molar-refractivity contribution < 1.29 is 0 Å². The van der Waals surface area contributed by atoms with Crippen LogP contribution in [0.25, 0.3) is 0 Å². The van der Waals surface area contributed by atoms with E-state index in [1.54, 1.807) is 23.3 Å². The topological polar surface area (TPSA) is 55.6 Å². The summed E-state index contributed by atoms with van der Waals surface area (Å²) in [6, 6.07) is 0. The van der Waals surface area contributed by atoms with Crippen molar-refractivity contribution in [2.75, 3.05) is 11.9 Å². The molecule has 2 heterocycles. The normalized spacial score (nSPS) is 10.6. The van der Waals surface area contributed by atoms with Gasteiger partial charge in [0.1, 0.15) is 5.82 Å². The van der Waals surface area contributed by atoms with E-state index in [1.165, 1.54) is 0 Å². The number of halogens is 1. The predicted molar refractivity (Wildman–Crippen MR) is 71.9 cm³/mol. The van der Waals surface area contributed by atoms with Gasteiger partial charge in [0, 0.05) is 12.7 Å². The fraction of sp³-hybridized carbons (Fsp3) is 0.417. The van der Waals surface area contributed by atoms with Gasteiger partial charge in [0.25, 0.3) is 0 Å². The molecule has 2 aromatic rings. The zero-order valence-corrected chi connectivity index (χ0v) is 11.3. The van der Waals surface area contributed by atoms with Gasteiger partial charge >= 0.3 is 0 Å². The molecule has 0 aliphatic carbocycles. The van der Waals surface area contributed by atoms with E-state index in [4.69, 9.17) is 11.6 Å².